The topological polar surface area (TPSA) is 28.2 Å². The number of hydrogen-bond donors (Lipinski definition) is 1. The number of nitrogens with one attached hydrogen (secondary N) is 1. The molecule has 2 heterocycles. The first-order valence-corrected chi connectivity index (χ1v) is 9.07. The van der Waals surface area contributed by atoms with E-state index in [1.807, 2.05) is 11.6 Å². The fourth-order valence-corrected chi connectivity index (χ4v) is 3.97. The molecule has 1 aliphatic heterocycles. The molecule has 6 heteroatoms. The molecule has 2 aromatic rings. The lowest BCUT2D eigenvalue weighted by Crippen LogP contribution is -2.30. The maximum Gasteiger partial charge on any atom is 0.123 e. The van der Waals surface area contributed by atoms with Gasteiger partial charge in [0, 0.05) is 24.5 Å². The fourth-order valence-electron chi connectivity index (χ4n) is 3.15. The Kier molecular flexibility index (Phi) is 7.16. The van der Waals surface area contributed by atoms with Crippen molar-refractivity contribution in [2.75, 3.05) is 19.6 Å². The minimum absolute atomic E-state index is 0. The number of benzene rings is 1. The zero-order valence-electron chi connectivity index (χ0n) is 14.2. The van der Waals surface area contributed by atoms with Gasteiger partial charge in [-0.3, -0.25) is 4.90 Å². The Balaban J connectivity index is 0.00000208. The van der Waals surface area contributed by atoms with Crippen LogP contribution in [0.5, 0.6) is 0 Å². The first-order valence-electron chi connectivity index (χ1n) is 8.19. The number of aromatic nitrogens is 1. The fraction of sp³-hybridized carbons (Fsp3) is 0.500. The van der Waals surface area contributed by atoms with Crippen molar-refractivity contribution in [2.45, 2.75) is 33.4 Å². The van der Waals surface area contributed by atoms with Gasteiger partial charge in [-0.1, -0.05) is 6.07 Å². The van der Waals surface area contributed by atoms with Gasteiger partial charge in [0.1, 0.15) is 5.82 Å². The molecule has 1 aromatic heterocycles. The van der Waals surface area contributed by atoms with Crippen LogP contribution < -0.4 is 5.32 Å². The van der Waals surface area contributed by atoms with E-state index in [0.717, 1.165) is 49.5 Å². The third kappa shape index (κ3) is 4.99. The normalized spacial score (nSPS) is 17.2. The highest BCUT2D eigenvalue weighted by Crippen LogP contribution is 2.21. The van der Waals surface area contributed by atoms with Crippen molar-refractivity contribution >= 4 is 23.7 Å². The summed E-state index contributed by atoms with van der Waals surface area (Å²) in [6.07, 6.45) is 1.22. The molecule has 0 aliphatic carbocycles. The first kappa shape index (κ1) is 19.3. The maximum atomic E-state index is 13.6. The highest BCUT2D eigenvalue weighted by atomic mass is 35.5. The van der Waals surface area contributed by atoms with E-state index >= 15 is 0 Å². The van der Waals surface area contributed by atoms with E-state index in [1.54, 1.807) is 17.4 Å². The van der Waals surface area contributed by atoms with Gasteiger partial charge in [-0.25, -0.2) is 9.37 Å². The molecule has 0 spiro atoms. The van der Waals surface area contributed by atoms with Gasteiger partial charge in [0.25, 0.3) is 0 Å². The molecule has 3 rings (SSSR count). The summed E-state index contributed by atoms with van der Waals surface area (Å²) in [7, 11) is 0. The molecule has 1 fully saturated rings. The molecule has 0 bridgehead atoms. The molecule has 1 N–H and O–H groups in total. The molecule has 1 atom stereocenters. The number of nitrogens with zero attached hydrogens (tertiary/aromatic N) is 2. The van der Waals surface area contributed by atoms with Crippen LogP contribution in [-0.4, -0.2) is 29.5 Å². The third-order valence-electron chi connectivity index (χ3n) is 4.60. The van der Waals surface area contributed by atoms with E-state index in [0.29, 0.717) is 5.92 Å². The van der Waals surface area contributed by atoms with Crippen LogP contribution in [0.2, 0.25) is 0 Å². The van der Waals surface area contributed by atoms with Crippen molar-refractivity contribution in [3.63, 3.8) is 0 Å². The van der Waals surface area contributed by atoms with Gasteiger partial charge in [-0.05, 0) is 62.5 Å². The maximum absolute atomic E-state index is 13.6. The Morgan fingerprint density at radius 2 is 2.17 bits per heavy atom. The molecule has 1 aliphatic rings. The Morgan fingerprint density at radius 3 is 2.83 bits per heavy atom. The van der Waals surface area contributed by atoms with Crippen molar-refractivity contribution < 1.29 is 4.39 Å². The number of aryl methyl sites for hydroxylation is 2. The van der Waals surface area contributed by atoms with E-state index < -0.39 is 0 Å². The lowest BCUT2D eigenvalue weighted by Gasteiger charge is -2.26. The van der Waals surface area contributed by atoms with Crippen LogP contribution in [0, 0.1) is 25.6 Å². The summed E-state index contributed by atoms with van der Waals surface area (Å²) in [6, 6.07) is 5.09. The molecule has 1 unspecified atom stereocenters. The third-order valence-corrected chi connectivity index (χ3v) is 5.52. The summed E-state index contributed by atoms with van der Waals surface area (Å²) in [5.74, 6) is 0.527. The predicted molar refractivity (Wildman–Crippen MR) is 100 cm³/mol. The zero-order chi connectivity index (χ0) is 16.2. The van der Waals surface area contributed by atoms with Crippen LogP contribution in [0.15, 0.2) is 23.7 Å². The minimum Gasteiger partial charge on any atom is -0.316 e. The van der Waals surface area contributed by atoms with Crippen LogP contribution in [0.4, 0.5) is 4.39 Å². The highest BCUT2D eigenvalue weighted by Gasteiger charge is 2.20. The van der Waals surface area contributed by atoms with Crippen LogP contribution in [0.1, 0.15) is 28.1 Å². The summed E-state index contributed by atoms with van der Waals surface area (Å²) in [5, 5.41) is 3.44. The summed E-state index contributed by atoms with van der Waals surface area (Å²) in [6.45, 7) is 9.04. The van der Waals surface area contributed by atoms with Gasteiger partial charge < -0.3 is 5.32 Å². The molecule has 0 radical (unpaired) electrons. The average molecular weight is 370 g/mol. The van der Waals surface area contributed by atoms with Gasteiger partial charge in [0.15, 0.2) is 0 Å². The summed E-state index contributed by atoms with van der Waals surface area (Å²) >= 11 is 1.71. The summed E-state index contributed by atoms with van der Waals surface area (Å²) in [4.78, 5) is 8.11. The monoisotopic (exact) mass is 369 g/mol. The molecule has 24 heavy (non-hydrogen) atoms. The average Bonchev–Trinajstić information content (AvgIpc) is 3.16. The molecule has 0 saturated carbocycles. The van der Waals surface area contributed by atoms with Gasteiger partial charge in [-0.15, -0.1) is 23.7 Å². The van der Waals surface area contributed by atoms with E-state index in [-0.39, 0.29) is 18.2 Å². The van der Waals surface area contributed by atoms with E-state index in [2.05, 4.69) is 29.0 Å². The Bertz CT molecular complexity index is 655. The summed E-state index contributed by atoms with van der Waals surface area (Å²) < 4.78 is 13.6. The van der Waals surface area contributed by atoms with Crippen LogP contribution in [0.3, 0.4) is 0 Å². The van der Waals surface area contributed by atoms with Crippen molar-refractivity contribution in [2.24, 2.45) is 5.92 Å². The largest absolute Gasteiger partial charge is 0.316 e. The molecule has 1 aromatic carbocycles. The summed E-state index contributed by atoms with van der Waals surface area (Å²) in [5.41, 5.74) is 5.26. The number of thiazole rings is 1. The highest BCUT2D eigenvalue weighted by molar-refractivity contribution is 7.09. The van der Waals surface area contributed by atoms with Crippen LogP contribution in [-0.2, 0) is 13.1 Å². The van der Waals surface area contributed by atoms with Crippen molar-refractivity contribution in [3.05, 3.63) is 51.2 Å². The SMILES string of the molecule is Cc1ccc(F)cc1CN(Cc1scnc1C)CC1CCNC1.Cl. The minimum atomic E-state index is -0.151. The Labute approximate surface area is 153 Å². The second kappa shape index (κ2) is 8.90. The second-order valence-corrected chi connectivity index (χ2v) is 7.40. The molecule has 1 saturated heterocycles. The van der Waals surface area contributed by atoms with E-state index in [4.69, 9.17) is 0 Å². The Morgan fingerprint density at radius 1 is 1.33 bits per heavy atom. The van der Waals surface area contributed by atoms with E-state index in [1.165, 1.54) is 17.4 Å². The van der Waals surface area contributed by atoms with E-state index in [9.17, 15) is 4.39 Å². The molecular formula is C18H25ClFN3S. The number of halogens is 2. The van der Waals surface area contributed by atoms with Gasteiger partial charge in [-0.2, -0.15) is 0 Å². The van der Waals surface area contributed by atoms with Gasteiger partial charge >= 0.3 is 0 Å². The smallest absolute Gasteiger partial charge is 0.123 e. The first-order chi connectivity index (χ1) is 11.1. The van der Waals surface area contributed by atoms with Crippen molar-refractivity contribution in [3.8, 4) is 0 Å². The molecule has 3 nitrogen and oxygen atoms in total. The molecule has 0 amide bonds. The van der Waals surface area contributed by atoms with Crippen LogP contribution in [0.25, 0.3) is 0 Å². The lowest BCUT2D eigenvalue weighted by molar-refractivity contribution is 0.221. The predicted octanol–water partition coefficient (Wildman–Crippen LogP) is 3.93. The number of rotatable bonds is 6. The zero-order valence-corrected chi connectivity index (χ0v) is 15.9. The number of hydrogen-bond acceptors (Lipinski definition) is 4. The molecular weight excluding hydrogens is 345 g/mol. The second-order valence-electron chi connectivity index (χ2n) is 6.46. The van der Waals surface area contributed by atoms with Gasteiger partial charge in [0.2, 0.25) is 0 Å². The van der Waals surface area contributed by atoms with Crippen LogP contribution >= 0.6 is 23.7 Å². The molecule has 132 valence electrons. The van der Waals surface area contributed by atoms with Gasteiger partial charge in [0.05, 0.1) is 11.2 Å². The van der Waals surface area contributed by atoms with Crippen molar-refractivity contribution in [1.29, 1.82) is 0 Å². The lowest BCUT2D eigenvalue weighted by atomic mass is 10.1. The Hall–Kier alpha value is -1.01. The standard InChI is InChI=1S/C18H24FN3S.ClH/c1-13-3-4-17(19)7-16(13)10-22(9-15-5-6-20-8-15)11-18-14(2)21-12-23-18;/h3-4,7,12,15,20H,5-6,8-11H2,1-2H3;1H. The van der Waals surface area contributed by atoms with Crippen molar-refractivity contribution in [1.82, 2.24) is 15.2 Å². The quantitative estimate of drug-likeness (QED) is 0.836.